The first-order chi connectivity index (χ1) is 27.9. The summed E-state index contributed by atoms with van der Waals surface area (Å²) in [5.74, 6) is 3.27. The molecule has 0 amide bonds. The molecule has 0 saturated heterocycles. The van der Waals surface area contributed by atoms with Crippen molar-refractivity contribution in [1.82, 2.24) is 0 Å². The zero-order valence-corrected chi connectivity index (χ0v) is 35.3. The third-order valence-corrected chi connectivity index (χ3v) is 13.3. The van der Waals surface area contributed by atoms with Gasteiger partial charge in [-0.05, 0) is 165 Å². The molecule has 0 heterocycles. The smallest absolute Gasteiger partial charge is 0.0522 e. The van der Waals surface area contributed by atoms with Crippen molar-refractivity contribution in [3.63, 3.8) is 0 Å². The van der Waals surface area contributed by atoms with Crippen LogP contribution in [0.25, 0.3) is 6.08 Å². The van der Waals surface area contributed by atoms with Crippen molar-refractivity contribution in [2.75, 3.05) is 4.90 Å². The van der Waals surface area contributed by atoms with Crippen molar-refractivity contribution in [3.05, 3.63) is 190 Å². The average molecular weight is 752 g/mol. The van der Waals surface area contributed by atoms with E-state index in [1.807, 2.05) is 0 Å². The van der Waals surface area contributed by atoms with Crippen LogP contribution in [0.15, 0.2) is 151 Å². The van der Waals surface area contributed by atoms with E-state index in [2.05, 4.69) is 191 Å². The molecule has 5 aromatic carbocycles. The van der Waals surface area contributed by atoms with Gasteiger partial charge in [0.1, 0.15) is 0 Å². The summed E-state index contributed by atoms with van der Waals surface area (Å²) in [5.41, 5.74) is 15.2. The molecule has 7 rings (SSSR count). The third-order valence-electron chi connectivity index (χ3n) is 13.3. The molecule has 0 spiro atoms. The van der Waals surface area contributed by atoms with Gasteiger partial charge in [0, 0.05) is 17.3 Å². The van der Waals surface area contributed by atoms with Gasteiger partial charge in [0.2, 0.25) is 0 Å². The summed E-state index contributed by atoms with van der Waals surface area (Å²) >= 11 is 0. The topological polar surface area (TPSA) is 3.24 Å². The van der Waals surface area contributed by atoms with Crippen molar-refractivity contribution in [3.8, 4) is 0 Å². The van der Waals surface area contributed by atoms with Crippen LogP contribution < -0.4 is 4.90 Å². The molecule has 294 valence electrons. The van der Waals surface area contributed by atoms with Gasteiger partial charge >= 0.3 is 0 Å². The minimum Gasteiger partial charge on any atom is -0.310 e. The first kappa shape index (κ1) is 40.3. The first-order valence-corrected chi connectivity index (χ1v) is 22.1. The Bertz CT molecular complexity index is 2110. The molecule has 2 aliphatic rings. The SMILES string of the molecule is CCc1cccc(C)c1[C@H](C[C@@H](C)C1CC=C(/C=C/C2CCC(/C=C/c3ccc(N(c4ccccc4)c4c(C)cccc4CC)cc3)CC2)CC1)c1ccccc1. The molecule has 1 saturated carbocycles. The summed E-state index contributed by atoms with van der Waals surface area (Å²) in [6, 6.07) is 44.8. The van der Waals surface area contributed by atoms with Gasteiger partial charge in [-0.3, -0.25) is 0 Å². The Hall–Kier alpha value is -4.88. The van der Waals surface area contributed by atoms with Crippen LogP contribution >= 0.6 is 0 Å². The number of para-hydroxylation sites is 2. The number of aryl methyl sites for hydroxylation is 4. The second-order valence-electron chi connectivity index (χ2n) is 17.1. The van der Waals surface area contributed by atoms with E-state index in [1.54, 1.807) is 11.1 Å². The summed E-state index contributed by atoms with van der Waals surface area (Å²) in [6.07, 6.45) is 24.7. The van der Waals surface area contributed by atoms with Gasteiger partial charge in [0.25, 0.3) is 0 Å². The monoisotopic (exact) mass is 752 g/mol. The third kappa shape index (κ3) is 9.99. The highest BCUT2D eigenvalue weighted by Gasteiger charge is 2.27. The molecule has 3 atom stereocenters. The molecule has 0 bridgehead atoms. The van der Waals surface area contributed by atoms with Crippen molar-refractivity contribution in [1.29, 1.82) is 0 Å². The predicted octanol–water partition coefficient (Wildman–Crippen LogP) is 15.9. The molecule has 1 nitrogen and oxygen atoms in total. The van der Waals surface area contributed by atoms with E-state index in [0.717, 1.165) is 18.8 Å². The van der Waals surface area contributed by atoms with Gasteiger partial charge in [0.15, 0.2) is 0 Å². The highest BCUT2D eigenvalue weighted by atomic mass is 15.1. The number of hydrogen-bond acceptors (Lipinski definition) is 1. The van der Waals surface area contributed by atoms with E-state index in [0.29, 0.717) is 23.7 Å². The highest BCUT2D eigenvalue weighted by Crippen LogP contribution is 2.42. The van der Waals surface area contributed by atoms with Gasteiger partial charge in [-0.15, -0.1) is 0 Å². The molecule has 0 aromatic heterocycles. The van der Waals surface area contributed by atoms with Gasteiger partial charge < -0.3 is 4.90 Å². The Balaban J connectivity index is 0.920. The van der Waals surface area contributed by atoms with Crippen LogP contribution in [0.2, 0.25) is 0 Å². The standard InChI is InChI=1S/C56H65N/c1-6-48-20-14-16-41(3)55(48)54(51-18-10-8-11-19-51)40-43(5)50-36-32-46(33-37-50)30-28-44-24-26-45(27-25-44)29-31-47-34-38-53(39-35-47)57(52-22-12-9-13-23-52)56-42(4)17-15-21-49(56)7-2/h8-23,28-32,34-35,38-39,43-45,50,54H,6-7,24-27,33,36-37,40H2,1-5H3/b30-28+,31-29+/t43-,44?,45?,50?,54-/m1/s1. The first-order valence-electron chi connectivity index (χ1n) is 22.1. The van der Waals surface area contributed by atoms with E-state index in [9.17, 15) is 0 Å². The van der Waals surface area contributed by atoms with Crippen LogP contribution in [0.5, 0.6) is 0 Å². The molecule has 1 heteroatoms. The number of allylic oxidation sites excluding steroid dienone is 5. The summed E-state index contributed by atoms with van der Waals surface area (Å²) in [6.45, 7) is 11.6. The number of rotatable bonds is 14. The van der Waals surface area contributed by atoms with E-state index in [4.69, 9.17) is 0 Å². The minimum absolute atomic E-state index is 0.461. The molecule has 1 fully saturated rings. The fourth-order valence-corrected chi connectivity index (χ4v) is 9.84. The quantitative estimate of drug-likeness (QED) is 0.109. The lowest BCUT2D eigenvalue weighted by Crippen LogP contribution is -2.19. The fourth-order valence-electron chi connectivity index (χ4n) is 9.84. The average Bonchev–Trinajstić information content (AvgIpc) is 3.26. The van der Waals surface area contributed by atoms with Crippen LogP contribution in [0.4, 0.5) is 17.1 Å². The van der Waals surface area contributed by atoms with E-state index >= 15 is 0 Å². The zero-order chi connectivity index (χ0) is 39.6. The van der Waals surface area contributed by atoms with Crippen molar-refractivity contribution < 1.29 is 0 Å². The van der Waals surface area contributed by atoms with Crippen LogP contribution in [0.1, 0.15) is 117 Å². The van der Waals surface area contributed by atoms with E-state index in [-0.39, 0.29) is 0 Å². The maximum atomic E-state index is 2.58. The molecule has 57 heavy (non-hydrogen) atoms. The van der Waals surface area contributed by atoms with Gasteiger partial charge in [-0.2, -0.15) is 0 Å². The number of anilines is 3. The molecule has 5 aromatic rings. The maximum Gasteiger partial charge on any atom is 0.0522 e. The summed E-state index contributed by atoms with van der Waals surface area (Å²) in [4.78, 5) is 2.43. The molecular formula is C56H65N. The fraction of sp³-hybridized carbons (Fsp3) is 0.357. The Kier molecular flexibility index (Phi) is 13.8. The van der Waals surface area contributed by atoms with Crippen LogP contribution in [-0.4, -0.2) is 0 Å². The van der Waals surface area contributed by atoms with Crippen molar-refractivity contribution in [2.45, 2.75) is 105 Å². The lowest BCUT2D eigenvalue weighted by molar-refractivity contribution is 0.301. The summed E-state index contributed by atoms with van der Waals surface area (Å²) in [5, 5.41) is 0. The van der Waals surface area contributed by atoms with Crippen LogP contribution in [0, 0.1) is 37.5 Å². The van der Waals surface area contributed by atoms with Crippen LogP contribution in [0.3, 0.4) is 0 Å². The summed E-state index contributed by atoms with van der Waals surface area (Å²) < 4.78 is 0. The molecule has 2 aliphatic carbocycles. The lowest BCUT2D eigenvalue weighted by Gasteiger charge is -2.32. The number of benzene rings is 5. The second-order valence-corrected chi connectivity index (χ2v) is 17.1. The Labute approximate surface area is 345 Å². The molecule has 0 aliphatic heterocycles. The van der Waals surface area contributed by atoms with Crippen molar-refractivity contribution in [2.24, 2.45) is 23.7 Å². The zero-order valence-electron chi connectivity index (χ0n) is 35.3. The minimum atomic E-state index is 0.461. The van der Waals surface area contributed by atoms with Gasteiger partial charge in [-0.25, -0.2) is 0 Å². The molecule has 0 radical (unpaired) electrons. The van der Waals surface area contributed by atoms with Gasteiger partial charge in [0.05, 0.1) is 5.69 Å². The number of nitrogens with zero attached hydrogens (tertiary/aromatic N) is 1. The summed E-state index contributed by atoms with van der Waals surface area (Å²) in [7, 11) is 0. The van der Waals surface area contributed by atoms with E-state index < -0.39 is 0 Å². The van der Waals surface area contributed by atoms with Crippen LogP contribution in [-0.2, 0) is 12.8 Å². The largest absolute Gasteiger partial charge is 0.310 e. The van der Waals surface area contributed by atoms with Gasteiger partial charge in [-0.1, -0.05) is 154 Å². The lowest BCUT2D eigenvalue weighted by atomic mass is 9.73. The van der Waals surface area contributed by atoms with Crippen molar-refractivity contribution >= 4 is 23.1 Å². The second kappa shape index (κ2) is 19.5. The molecule has 1 unspecified atom stereocenters. The Morgan fingerprint density at radius 3 is 1.84 bits per heavy atom. The number of hydrogen-bond donors (Lipinski definition) is 0. The highest BCUT2D eigenvalue weighted by molar-refractivity contribution is 5.80. The predicted molar refractivity (Wildman–Crippen MR) is 247 cm³/mol. The molecule has 0 N–H and O–H groups in total. The normalized spacial score (nSPS) is 19.7. The Morgan fingerprint density at radius 1 is 0.614 bits per heavy atom. The molecular weight excluding hydrogens is 687 g/mol. The Morgan fingerprint density at radius 2 is 1.21 bits per heavy atom. The van der Waals surface area contributed by atoms with E-state index in [1.165, 1.54) is 102 Å². The maximum absolute atomic E-state index is 2.58.